The van der Waals surface area contributed by atoms with Crippen LogP contribution in [0.5, 0.6) is 17.4 Å². The highest BCUT2D eigenvalue weighted by atomic mass is 16.5. The number of hydrogen-bond acceptors (Lipinski definition) is 8. The molecule has 1 aliphatic heterocycles. The molecule has 1 aliphatic carbocycles. The molecule has 4 aromatic rings. The summed E-state index contributed by atoms with van der Waals surface area (Å²) in [6.45, 7) is 3.12. The molecule has 0 unspecified atom stereocenters. The van der Waals surface area contributed by atoms with Crippen LogP contribution in [0.1, 0.15) is 22.3 Å². The molecule has 1 aromatic heterocycles. The predicted octanol–water partition coefficient (Wildman–Crippen LogP) is 5.14. The van der Waals surface area contributed by atoms with Gasteiger partial charge >= 0.3 is 0 Å². The lowest BCUT2D eigenvalue weighted by atomic mass is 10.1. The normalized spacial score (nSPS) is 15.1. The lowest BCUT2D eigenvalue weighted by molar-refractivity contribution is 0.0992. The molecule has 6 rings (SSSR count). The number of hydrogen-bond donors (Lipinski definition) is 1. The molecule has 1 N–H and O–H groups in total. The first kappa shape index (κ1) is 22.3. The van der Waals surface area contributed by atoms with Crippen molar-refractivity contribution in [3.05, 3.63) is 71.8 Å². The van der Waals surface area contributed by atoms with Crippen LogP contribution in [-0.2, 0) is 11.2 Å². The van der Waals surface area contributed by atoms with E-state index < -0.39 is 0 Å². The number of methoxy groups -OCH3 is 1. The first-order chi connectivity index (χ1) is 17.7. The van der Waals surface area contributed by atoms with Gasteiger partial charge in [-0.2, -0.15) is 4.98 Å². The zero-order valence-corrected chi connectivity index (χ0v) is 20.0. The van der Waals surface area contributed by atoms with E-state index in [0.29, 0.717) is 48.5 Å². The summed E-state index contributed by atoms with van der Waals surface area (Å²) in [5, 5.41) is 4.06. The summed E-state index contributed by atoms with van der Waals surface area (Å²) in [7, 11) is 1.65. The topological polar surface area (TPSA) is 85.8 Å². The van der Waals surface area contributed by atoms with Gasteiger partial charge in [-0.3, -0.25) is 4.79 Å². The first-order valence-electron chi connectivity index (χ1n) is 12.1. The van der Waals surface area contributed by atoms with Crippen molar-refractivity contribution in [1.29, 1.82) is 0 Å². The molecule has 0 bridgehead atoms. The van der Waals surface area contributed by atoms with E-state index in [0.717, 1.165) is 47.4 Å². The Kier molecular flexibility index (Phi) is 5.87. The van der Waals surface area contributed by atoms with E-state index in [4.69, 9.17) is 24.2 Å². The van der Waals surface area contributed by atoms with Gasteiger partial charge in [-0.15, -0.1) is 0 Å². The zero-order valence-electron chi connectivity index (χ0n) is 20.0. The third-order valence-corrected chi connectivity index (χ3v) is 6.60. The predicted molar refractivity (Wildman–Crippen MR) is 138 cm³/mol. The molecule has 0 saturated carbocycles. The van der Waals surface area contributed by atoms with Gasteiger partial charge in [0.25, 0.3) is 0 Å². The summed E-state index contributed by atoms with van der Waals surface area (Å²) in [6.07, 6.45) is 1.25. The van der Waals surface area contributed by atoms with Crippen LogP contribution in [0.4, 0.5) is 17.3 Å². The number of nitrogens with one attached hydrogen (secondary N) is 1. The van der Waals surface area contributed by atoms with Gasteiger partial charge in [0, 0.05) is 31.3 Å². The van der Waals surface area contributed by atoms with Crippen LogP contribution in [0.3, 0.4) is 0 Å². The Balaban J connectivity index is 1.35. The number of aryl methyl sites for hydroxylation is 1. The molecule has 0 amide bonds. The highest BCUT2D eigenvalue weighted by Crippen LogP contribution is 2.37. The Hall–Kier alpha value is -4.17. The molecule has 36 heavy (non-hydrogen) atoms. The molecule has 1 fully saturated rings. The van der Waals surface area contributed by atoms with Gasteiger partial charge in [-0.1, -0.05) is 24.3 Å². The van der Waals surface area contributed by atoms with Gasteiger partial charge in [-0.25, -0.2) is 4.98 Å². The fourth-order valence-corrected chi connectivity index (χ4v) is 4.77. The number of rotatable bonds is 6. The number of anilines is 3. The fourth-order valence-electron chi connectivity index (χ4n) is 4.77. The van der Waals surface area contributed by atoms with Crippen LogP contribution in [0.15, 0.2) is 60.7 Å². The Morgan fingerprint density at radius 2 is 1.81 bits per heavy atom. The number of Topliss-reactive ketones (excluding diaryl/α,β-unsaturated/α-hetero) is 1. The maximum Gasteiger partial charge on any atom is 0.232 e. The van der Waals surface area contributed by atoms with E-state index in [1.165, 1.54) is 0 Å². The van der Waals surface area contributed by atoms with E-state index in [1.807, 2.05) is 60.7 Å². The molecule has 0 atom stereocenters. The molecule has 2 aliphatic rings. The van der Waals surface area contributed by atoms with Gasteiger partial charge in [0.1, 0.15) is 11.5 Å². The Morgan fingerprint density at radius 3 is 2.67 bits per heavy atom. The smallest absolute Gasteiger partial charge is 0.232 e. The van der Waals surface area contributed by atoms with Crippen LogP contribution in [0, 0.1) is 0 Å². The molecule has 8 nitrogen and oxygen atoms in total. The molecular weight excluding hydrogens is 456 g/mol. The van der Waals surface area contributed by atoms with Crippen LogP contribution in [0.2, 0.25) is 0 Å². The van der Waals surface area contributed by atoms with E-state index in [1.54, 1.807) is 7.11 Å². The SMILES string of the molecule is COc1cc(N2CCOCC2)ccc1Nc1nc(Oc2cccc3c2C(=O)CC3)c2ccccc2n1. The van der Waals surface area contributed by atoms with Crippen LogP contribution in [-0.4, -0.2) is 49.2 Å². The molecule has 2 heterocycles. The van der Waals surface area contributed by atoms with E-state index in [2.05, 4.69) is 10.2 Å². The number of para-hydroxylation sites is 1. The minimum atomic E-state index is 0.0994. The van der Waals surface area contributed by atoms with Gasteiger partial charge in [0.15, 0.2) is 5.78 Å². The van der Waals surface area contributed by atoms with Crippen LogP contribution < -0.4 is 19.7 Å². The van der Waals surface area contributed by atoms with Crippen molar-refractivity contribution in [1.82, 2.24) is 9.97 Å². The Morgan fingerprint density at radius 1 is 0.944 bits per heavy atom. The average molecular weight is 483 g/mol. The number of fused-ring (bicyclic) bond motifs is 2. The molecule has 3 aromatic carbocycles. The molecule has 1 saturated heterocycles. The maximum absolute atomic E-state index is 12.5. The summed E-state index contributed by atoms with van der Waals surface area (Å²) < 4.78 is 17.4. The third-order valence-electron chi connectivity index (χ3n) is 6.60. The summed E-state index contributed by atoms with van der Waals surface area (Å²) >= 11 is 0. The van der Waals surface area contributed by atoms with Gasteiger partial charge in [0.2, 0.25) is 11.8 Å². The highest BCUT2D eigenvalue weighted by molar-refractivity contribution is 6.03. The van der Waals surface area contributed by atoms with Crippen LogP contribution >= 0.6 is 0 Å². The molecule has 182 valence electrons. The maximum atomic E-state index is 12.5. The Bertz CT molecular complexity index is 1450. The number of carbonyl (C=O) groups excluding carboxylic acids is 1. The fraction of sp³-hybridized carbons (Fsp3) is 0.250. The lowest BCUT2D eigenvalue weighted by Crippen LogP contribution is -2.36. The third kappa shape index (κ3) is 4.20. The second kappa shape index (κ2) is 9.47. The largest absolute Gasteiger partial charge is 0.494 e. The monoisotopic (exact) mass is 482 g/mol. The second-order valence-corrected chi connectivity index (χ2v) is 8.79. The van der Waals surface area contributed by atoms with Crippen molar-refractivity contribution < 1.29 is 19.0 Å². The summed E-state index contributed by atoms with van der Waals surface area (Å²) in [5.41, 5.74) is 4.21. The number of ether oxygens (including phenoxy) is 3. The van der Waals surface area contributed by atoms with Crippen LogP contribution in [0.25, 0.3) is 10.9 Å². The number of aromatic nitrogens is 2. The second-order valence-electron chi connectivity index (χ2n) is 8.79. The van der Waals surface area contributed by atoms with Gasteiger partial charge < -0.3 is 24.4 Å². The number of morpholine rings is 1. The summed E-state index contributed by atoms with van der Waals surface area (Å²) in [4.78, 5) is 24.2. The Labute approximate surface area is 208 Å². The zero-order chi connectivity index (χ0) is 24.5. The van der Waals surface area contributed by atoms with Crippen molar-refractivity contribution in [2.24, 2.45) is 0 Å². The minimum absolute atomic E-state index is 0.0994. The van der Waals surface area contributed by atoms with E-state index in [-0.39, 0.29) is 5.78 Å². The quantitative estimate of drug-likeness (QED) is 0.404. The van der Waals surface area contributed by atoms with E-state index in [9.17, 15) is 4.79 Å². The lowest BCUT2D eigenvalue weighted by Gasteiger charge is -2.29. The number of nitrogens with zero attached hydrogens (tertiary/aromatic N) is 3. The molecule has 8 heteroatoms. The standard InChI is InChI=1S/C28H26N4O4/c1-34-25-17-19(32-13-15-35-16-14-32)10-11-22(25)30-28-29-21-7-3-2-6-20(21)27(31-28)36-24-8-4-5-18-9-12-23(33)26(18)24/h2-8,10-11,17H,9,12-16H2,1H3,(H,29,30,31). The van der Waals surface area contributed by atoms with Gasteiger partial charge in [-0.05, 0) is 42.3 Å². The van der Waals surface area contributed by atoms with Crippen molar-refractivity contribution >= 4 is 34.0 Å². The number of ketones is 1. The van der Waals surface area contributed by atoms with Crippen molar-refractivity contribution in [3.8, 4) is 17.4 Å². The minimum Gasteiger partial charge on any atom is -0.494 e. The van der Waals surface area contributed by atoms with Crippen molar-refractivity contribution in [2.45, 2.75) is 12.8 Å². The van der Waals surface area contributed by atoms with Crippen molar-refractivity contribution in [3.63, 3.8) is 0 Å². The van der Waals surface area contributed by atoms with Crippen molar-refractivity contribution in [2.75, 3.05) is 43.6 Å². The van der Waals surface area contributed by atoms with E-state index >= 15 is 0 Å². The average Bonchev–Trinajstić information content (AvgIpc) is 3.31. The highest BCUT2D eigenvalue weighted by Gasteiger charge is 2.25. The summed E-state index contributed by atoms with van der Waals surface area (Å²) in [6, 6.07) is 19.4. The number of carbonyl (C=O) groups is 1. The summed E-state index contributed by atoms with van der Waals surface area (Å²) in [5.74, 6) is 2.07. The molecular formula is C28H26N4O4. The number of benzene rings is 3. The molecule has 0 radical (unpaired) electrons. The molecule has 0 spiro atoms. The first-order valence-corrected chi connectivity index (χ1v) is 12.1. The van der Waals surface area contributed by atoms with Gasteiger partial charge in [0.05, 0.1) is 42.5 Å².